The summed E-state index contributed by atoms with van der Waals surface area (Å²) in [5, 5.41) is 3.40. The van der Waals surface area contributed by atoms with E-state index in [4.69, 9.17) is 0 Å². The Labute approximate surface area is 86.5 Å². The number of hydrogen-bond donors (Lipinski definition) is 1. The molecule has 0 aliphatic heterocycles. The highest BCUT2D eigenvalue weighted by Gasteiger charge is 2.06. The van der Waals surface area contributed by atoms with Gasteiger partial charge >= 0.3 is 0 Å². The Hall–Kier alpha value is -0.830. The highest BCUT2D eigenvalue weighted by atomic mass is 15.1. The van der Waals surface area contributed by atoms with Crippen molar-refractivity contribution in [3.63, 3.8) is 0 Å². The van der Waals surface area contributed by atoms with E-state index in [0.717, 1.165) is 19.5 Å². The Bertz CT molecular complexity index is 255. The lowest BCUT2D eigenvalue weighted by Gasteiger charge is -2.12. The maximum absolute atomic E-state index is 4.38. The van der Waals surface area contributed by atoms with Crippen molar-refractivity contribution >= 4 is 0 Å². The number of imidazole rings is 1. The fraction of sp³-hybridized carbons (Fsp3) is 0.727. The molecule has 1 unspecified atom stereocenters. The molecule has 0 bridgehead atoms. The van der Waals surface area contributed by atoms with Crippen LogP contribution in [0.2, 0.25) is 0 Å². The van der Waals surface area contributed by atoms with Gasteiger partial charge in [-0.3, -0.25) is 0 Å². The number of likely N-dealkylation sites (N-methyl/N-ethyl adjacent to an activating group) is 1. The SMILES string of the molecule is CCCn1ccnc1CC(C)NCC. The van der Waals surface area contributed by atoms with E-state index in [0.29, 0.717) is 6.04 Å². The molecule has 1 aromatic rings. The minimum absolute atomic E-state index is 0.512. The van der Waals surface area contributed by atoms with Crippen LogP contribution in [-0.2, 0) is 13.0 Å². The van der Waals surface area contributed by atoms with Gasteiger partial charge in [-0.1, -0.05) is 13.8 Å². The average molecular weight is 195 g/mol. The minimum atomic E-state index is 0.512. The van der Waals surface area contributed by atoms with E-state index in [2.05, 4.69) is 41.8 Å². The molecule has 1 N–H and O–H groups in total. The Morgan fingerprint density at radius 3 is 2.93 bits per heavy atom. The van der Waals surface area contributed by atoms with Gasteiger partial charge < -0.3 is 9.88 Å². The van der Waals surface area contributed by atoms with E-state index < -0.39 is 0 Å². The van der Waals surface area contributed by atoms with Gasteiger partial charge in [0.1, 0.15) is 5.82 Å². The minimum Gasteiger partial charge on any atom is -0.335 e. The van der Waals surface area contributed by atoms with E-state index in [1.54, 1.807) is 0 Å². The van der Waals surface area contributed by atoms with Gasteiger partial charge in [-0.05, 0) is 19.9 Å². The summed E-state index contributed by atoms with van der Waals surface area (Å²) >= 11 is 0. The largest absolute Gasteiger partial charge is 0.335 e. The molecule has 1 rings (SSSR count). The Morgan fingerprint density at radius 1 is 1.50 bits per heavy atom. The van der Waals surface area contributed by atoms with E-state index in [1.807, 2.05) is 6.20 Å². The van der Waals surface area contributed by atoms with Crippen molar-refractivity contribution in [2.45, 2.75) is 46.2 Å². The summed E-state index contributed by atoms with van der Waals surface area (Å²) < 4.78 is 2.24. The van der Waals surface area contributed by atoms with Gasteiger partial charge in [0, 0.05) is 31.4 Å². The van der Waals surface area contributed by atoms with Gasteiger partial charge in [0.15, 0.2) is 0 Å². The molecule has 80 valence electrons. The zero-order valence-electron chi connectivity index (χ0n) is 9.45. The average Bonchev–Trinajstić information content (AvgIpc) is 2.54. The Morgan fingerprint density at radius 2 is 2.29 bits per heavy atom. The lowest BCUT2D eigenvalue weighted by molar-refractivity contribution is 0.529. The van der Waals surface area contributed by atoms with Gasteiger partial charge in [0.2, 0.25) is 0 Å². The van der Waals surface area contributed by atoms with E-state index in [9.17, 15) is 0 Å². The van der Waals surface area contributed by atoms with Gasteiger partial charge in [-0.25, -0.2) is 4.98 Å². The van der Waals surface area contributed by atoms with Gasteiger partial charge in [0.05, 0.1) is 0 Å². The van der Waals surface area contributed by atoms with Crippen LogP contribution in [0.1, 0.15) is 33.0 Å². The van der Waals surface area contributed by atoms with Crippen LogP contribution in [0, 0.1) is 0 Å². The van der Waals surface area contributed by atoms with Crippen LogP contribution in [0.15, 0.2) is 12.4 Å². The van der Waals surface area contributed by atoms with Crippen molar-refractivity contribution in [3.05, 3.63) is 18.2 Å². The number of nitrogens with zero attached hydrogens (tertiary/aromatic N) is 2. The van der Waals surface area contributed by atoms with Crippen molar-refractivity contribution < 1.29 is 0 Å². The first-order valence-corrected chi connectivity index (χ1v) is 5.51. The molecule has 1 aromatic heterocycles. The Balaban J connectivity index is 2.52. The van der Waals surface area contributed by atoms with Gasteiger partial charge in [-0.15, -0.1) is 0 Å². The quantitative estimate of drug-likeness (QED) is 0.750. The molecular formula is C11H21N3. The third-order valence-electron chi connectivity index (χ3n) is 2.31. The first-order chi connectivity index (χ1) is 6.77. The van der Waals surface area contributed by atoms with Crippen LogP contribution in [0.5, 0.6) is 0 Å². The van der Waals surface area contributed by atoms with Gasteiger partial charge in [0.25, 0.3) is 0 Å². The molecule has 0 radical (unpaired) electrons. The van der Waals surface area contributed by atoms with Crippen LogP contribution >= 0.6 is 0 Å². The second-order valence-electron chi connectivity index (χ2n) is 3.70. The van der Waals surface area contributed by atoms with E-state index in [-0.39, 0.29) is 0 Å². The van der Waals surface area contributed by atoms with Crippen molar-refractivity contribution in [2.75, 3.05) is 6.54 Å². The second-order valence-corrected chi connectivity index (χ2v) is 3.70. The molecule has 0 spiro atoms. The highest BCUT2D eigenvalue weighted by molar-refractivity contribution is 4.94. The molecule has 0 aliphatic rings. The molecule has 1 heterocycles. The van der Waals surface area contributed by atoms with Crippen molar-refractivity contribution in [1.29, 1.82) is 0 Å². The van der Waals surface area contributed by atoms with Crippen LogP contribution < -0.4 is 5.32 Å². The molecule has 1 atom stereocenters. The van der Waals surface area contributed by atoms with E-state index in [1.165, 1.54) is 12.2 Å². The summed E-state index contributed by atoms with van der Waals surface area (Å²) in [5.41, 5.74) is 0. The monoisotopic (exact) mass is 195 g/mol. The zero-order valence-corrected chi connectivity index (χ0v) is 9.45. The lowest BCUT2D eigenvalue weighted by atomic mass is 10.2. The molecule has 0 fully saturated rings. The lowest BCUT2D eigenvalue weighted by Crippen LogP contribution is -2.28. The summed E-state index contributed by atoms with van der Waals surface area (Å²) in [4.78, 5) is 4.38. The number of rotatable bonds is 6. The summed E-state index contributed by atoms with van der Waals surface area (Å²) in [5.74, 6) is 1.19. The van der Waals surface area contributed by atoms with Crippen molar-refractivity contribution in [1.82, 2.24) is 14.9 Å². The molecule has 0 saturated carbocycles. The maximum Gasteiger partial charge on any atom is 0.110 e. The molecule has 3 heteroatoms. The summed E-state index contributed by atoms with van der Waals surface area (Å²) in [6.07, 6.45) is 6.14. The van der Waals surface area contributed by atoms with Crippen LogP contribution in [0.4, 0.5) is 0 Å². The number of aryl methyl sites for hydroxylation is 1. The first-order valence-electron chi connectivity index (χ1n) is 5.51. The van der Waals surface area contributed by atoms with Crippen LogP contribution in [0.3, 0.4) is 0 Å². The second kappa shape index (κ2) is 5.81. The summed E-state index contributed by atoms with van der Waals surface area (Å²) in [6.45, 7) is 8.63. The van der Waals surface area contributed by atoms with Crippen molar-refractivity contribution in [3.8, 4) is 0 Å². The predicted octanol–water partition coefficient (Wildman–Crippen LogP) is 1.83. The topological polar surface area (TPSA) is 29.9 Å². The highest BCUT2D eigenvalue weighted by Crippen LogP contribution is 2.02. The molecule has 0 aromatic carbocycles. The fourth-order valence-corrected chi connectivity index (χ4v) is 1.67. The molecule has 0 aliphatic carbocycles. The summed E-state index contributed by atoms with van der Waals surface area (Å²) in [7, 11) is 0. The van der Waals surface area contributed by atoms with E-state index >= 15 is 0 Å². The number of aromatic nitrogens is 2. The predicted molar refractivity (Wildman–Crippen MR) is 59.4 cm³/mol. The summed E-state index contributed by atoms with van der Waals surface area (Å²) in [6, 6.07) is 0.512. The first kappa shape index (κ1) is 11.2. The normalized spacial score (nSPS) is 13.1. The van der Waals surface area contributed by atoms with Crippen molar-refractivity contribution in [2.24, 2.45) is 0 Å². The fourth-order valence-electron chi connectivity index (χ4n) is 1.67. The van der Waals surface area contributed by atoms with Gasteiger partial charge in [-0.2, -0.15) is 0 Å². The molecule has 3 nitrogen and oxygen atoms in total. The third-order valence-corrected chi connectivity index (χ3v) is 2.31. The van der Waals surface area contributed by atoms with Crippen LogP contribution in [0.25, 0.3) is 0 Å². The molecule has 0 amide bonds. The molecule has 0 saturated heterocycles. The Kier molecular flexibility index (Phi) is 4.66. The standard InChI is InChI=1S/C11H21N3/c1-4-7-14-8-6-13-11(14)9-10(3)12-5-2/h6,8,10,12H,4-5,7,9H2,1-3H3. The molecular weight excluding hydrogens is 174 g/mol. The smallest absolute Gasteiger partial charge is 0.110 e. The maximum atomic E-state index is 4.38. The molecule has 14 heavy (non-hydrogen) atoms. The van der Waals surface area contributed by atoms with Crippen LogP contribution in [-0.4, -0.2) is 22.1 Å². The number of hydrogen-bond acceptors (Lipinski definition) is 2. The third kappa shape index (κ3) is 3.14. The zero-order chi connectivity index (χ0) is 10.4. The number of nitrogens with one attached hydrogen (secondary N) is 1.